The van der Waals surface area contributed by atoms with Crippen LogP contribution in [0, 0.1) is 0 Å². The van der Waals surface area contributed by atoms with Gasteiger partial charge in [0.1, 0.15) is 5.75 Å². The molecule has 1 heterocycles. The second-order valence-corrected chi connectivity index (χ2v) is 8.49. The molecule has 0 aliphatic heterocycles. The molecule has 0 saturated heterocycles. The Hall–Kier alpha value is -3.24. The van der Waals surface area contributed by atoms with Gasteiger partial charge in [0, 0.05) is 46.0 Å². The van der Waals surface area contributed by atoms with Gasteiger partial charge >= 0.3 is 0 Å². The predicted octanol–water partition coefficient (Wildman–Crippen LogP) is 1.16. The van der Waals surface area contributed by atoms with E-state index in [2.05, 4.69) is 0 Å². The fourth-order valence-electron chi connectivity index (χ4n) is 3.20. The molecule has 10 nitrogen and oxygen atoms in total. The van der Waals surface area contributed by atoms with Crippen LogP contribution in [0.1, 0.15) is 21.0 Å². The first-order chi connectivity index (χ1) is 15.5. The van der Waals surface area contributed by atoms with Crippen molar-refractivity contribution in [1.82, 2.24) is 24.2 Å². The lowest BCUT2D eigenvalue weighted by molar-refractivity contribution is 0.0770. The molecular formula is C23H35N5O5. The molecule has 0 spiro atoms. The highest BCUT2D eigenvalue weighted by Gasteiger charge is 2.34. The maximum atomic E-state index is 13.3. The Morgan fingerprint density at radius 2 is 1.15 bits per heavy atom. The number of nitrogens with zero attached hydrogens (tertiary/aromatic N) is 5. The number of rotatable bonds is 10. The topological polar surface area (TPSA) is 102 Å². The molecule has 0 radical (unpaired) electrons. The van der Waals surface area contributed by atoms with Gasteiger partial charge in [-0.2, -0.15) is 0 Å². The van der Waals surface area contributed by atoms with Crippen molar-refractivity contribution in [2.24, 2.45) is 0 Å². The van der Waals surface area contributed by atoms with Crippen LogP contribution in [0.25, 0.3) is 5.69 Å². The maximum Gasteiger partial charge on any atom is 0.274 e. The Morgan fingerprint density at radius 1 is 0.758 bits per heavy atom. The van der Waals surface area contributed by atoms with Gasteiger partial charge in [-0.1, -0.05) is 0 Å². The molecule has 0 fully saturated rings. The first-order valence-corrected chi connectivity index (χ1v) is 10.6. The van der Waals surface area contributed by atoms with Crippen molar-refractivity contribution in [3.8, 4) is 22.9 Å². The number of hydrogen-bond donors (Lipinski definition) is 2. The van der Waals surface area contributed by atoms with Crippen molar-refractivity contribution >= 4 is 11.8 Å². The molecular weight excluding hydrogens is 426 g/mol. The summed E-state index contributed by atoms with van der Waals surface area (Å²) in [6.45, 7) is 2.01. The summed E-state index contributed by atoms with van der Waals surface area (Å²) in [7, 11) is 12.3. The minimum Gasteiger partial charge on any atom is -0.503 e. The van der Waals surface area contributed by atoms with E-state index in [1.54, 1.807) is 38.4 Å². The molecule has 10 heteroatoms. The van der Waals surface area contributed by atoms with Gasteiger partial charge in [-0.3, -0.25) is 14.2 Å². The first kappa shape index (κ1) is 26.0. The van der Waals surface area contributed by atoms with Crippen molar-refractivity contribution in [3.63, 3.8) is 0 Å². The molecule has 2 rings (SSSR count). The monoisotopic (exact) mass is 461 g/mol. The molecule has 0 bridgehead atoms. The molecule has 2 amide bonds. The van der Waals surface area contributed by atoms with Crippen molar-refractivity contribution in [2.45, 2.75) is 0 Å². The summed E-state index contributed by atoms with van der Waals surface area (Å²) in [5.74, 6) is -1.70. The van der Waals surface area contributed by atoms with Gasteiger partial charge in [0.15, 0.2) is 22.9 Å². The number of carbonyl (C=O) groups is 2. The summed E-state index contributed by atoms with van der Waals surface area (Å²) in [6, 6.07) is 6.67. The van der Waals surface area contributed by atoms with Crippen molar-refractivity contribution in [1.29, 1.82) is 0 Å². The van der Waals surface area contributed by atoms with Crippen LogP contribution in [0.5, 0.6) is 17.2 Å². The fraction of sp³-hybridized carbons (Fsp3) is 0.478. The maximum absolute atomic E-state index is 13.3. The minimum absolute atomic E-state index is 0.178. The van der Waals surface area contributed by atoms with Gasteiger partial charge < -0.3 is 34.5 Å². The third kappa shape index (κ3) is 5.96. The first-order valence-electron chi connectivity index (χ1n) is 10.6. The molecule has 182 valence electrons. The van der Waals surface area contributed by atoms with Crippen LogP contribution in [0.2, 0.25) is 0 Å². The molecule has 0 saturated carbocycles. The van der Waals surface area contributed by atoms with E-state index < -0.39 is 23.3 Å². The molecule has 0 atom stereocenters. The normalized spacial score (nSPS) is 11.2. The predicted molar refractivity (Wildman–Crippen MR) is 127 cm³/mol. The summed E-state index contributed by atoms with van der Waals surface area (Å²) in [5.41, 5.74) is 0.0756. The Morgan fingerprint density at radius 3 is 1.48 bits per heavy atom. The lowest BCUT2D eigenvalue weighted by Gasteiger charge is -2.23. The smallest absolute Gasteiger partial charge is 0.274 e. The number of benzene rings is 1. The summed E-state index contributed by atoms with van der Waals surface area (Å²) >= 11 is 0. The van der Waals surface area contributed by atoms with Crippen LogP contribution in [-0.4, -0.2) is 122 Å². The van der Waals surface area contributed by atoms with Gasteiger partial charge in [-0.15, -0.1) is 0 Å². The Bertz CT molecular complexity index is 915. The van der Waals surface area contributed by atoms with Crippen LogP contribution in [0.4, 0.5) is 0 Å². The van der Waals surface area contributed by atoms with E-state index in [0.29, 0.717) is 37.6 Å². The van der Waals surface area contributed by atoms with E-state index in [-0.39, 0.29) is 11.4 Å². The highest BCUT2D eigenvalue weighted by Crippen LogP contribution is 2.39. The van der Waals surface area contributed by atoms with E-state index in [0.717, 1.165) is 0 Å². The fourth-order valence-corrected chi connectivity index (χ4v) is 3.20. The number of ether oxygens (including phenoxy) is 1. The van der Waals surface area contributed by atoms with E-state index in [1.165, 1.54) is 21.5 Å². The van der Waals surface area contributed by atoms with Crippen LogP contribution < -0.4 is 4.74 Å². The third-order valence-corrected chi connectivity index (χ3v) is 5.31. The van der Waals surface area contributed by atoms with Crippen LogP contribution in [0.3, 0.4) is 0 Å². The van der Waals surface area contributed by atoms with Crippen molar-refractivity contribution in [3.05, 3.63) is 35.7 Å². The molecule has 0 aliphatic rings. The van der Waals surface area contributed by atoms with Crippen LogP contribution >= 0.6 is 0 Å². The highest BCUT2D eigenvalue weighted by atomic mass is 16.5. The Balaban J connectivity index is 2.62. The van der Waals surface area contributed by atoms with E-state index in [4.69, 9.17) is 4.74 Å². The van der Waals surface area contributed by atoms with Gasteiger partial charge in [0.2, 0.25) is 0 Å². The number of hydrogen-bond acceptors (Lipinski definition) is 7. The number of amides is 2. The highest BCUT2D eigenvalue weighted by molar-refractivity contribution is 6.04. The van der Waals surface area contributed by atoms with Crippen LogP contribution in [-0.2, 0) is 0 Å². The molecule has 1 aromatic heterocycles. The Kier molecular flexibility index (Phi) is 8.72. The zero-order chi connectivity index (χ0) is 24.9. The van der Waals surface area contributed by atoms with Gasteiger partial charge in [0.05, 0.1) is 7.11 Å². The number of aromatic nitrogens is 1. The summed E-state index contributed by atoms with van der Waals surface area (Å²) in [6.07, 6.45) is 0. The van der Waals surface area contributed by atoms with Gasteiger partial charge in [0.25, 0.3) is 11.8 Å². The molecule has 33 heavy (non-hydrogen) atoms. The quantitative estimate of drug-likeness (QED) is 0.548. The molecule has 0 aliphatic carbocycles. The molecule has 2 aromatic rings. The molecule has 1 aromatic carbocycles. The number of methoxy groups -OCH3 is 1. The Labute approximate surface area is 195 Å². The zero-order valence-electron chi connectivity index (χ0n) is 20.5. The van der Waals surface area contributed by atoms with Crippen LogP contribution in [0.15, 0.2) is 24.3 Å². The van der Waals surface area contributed by atoms with Crippen molar-refractivity contribution < 1.29 is 24.5 Å². The zero-order valence-corrected chi connectivity index (χ0v) is 20.5. The standard InChI is InChI=1S/C23H35N5O5/c1-24(2)12-14-26(5)22(31)18-20(29)21(30)19(23(32)27(6)15-13-25(3)4)28(18)16-8-10-17(33-7)11-9-16/h8-11,29-30H,12-15H2,1-7H3. The SMILES string of the molecule is COc1ccc(-n2c(C(=O)N(C)CCN(C)C)c(O)c(O)c2C(=O)N(C)CCN(C)C)cc1. The van der Waals surface area contributed by atoms with E-state index in [9.17, 15) is 19.8 Å². The summed E-state index contributed by atoms with van der Waals surface area (Å²) < 4.78 is 6.52. The van der Waals surface area contributed by atoms with Gasteiger partial charge in [-0.05, 0) is 52.5 Å². The van der Waals surface area contributed by atoms with Gasteiger partial charge in [-0.25, -0.2) is 0 Å². The minimum atomic E-state index is -0.628. The third-order valence-electron chi connectivity index (χ3n) is 5.31. The largest absolute Gasteiger partial charge is 0.503 e. The lowest BCUT2D eigenvalue weighted by Crippen LogP contribution is -2.36. The lowest BCUT2D eigenvalue weighted by atomic mass is 10.2. The second kappa shape index (κ2) is 11.1. The molecule has 0 unspecified atom stereocenters. The number of aromatic hydroxyl groups is 2. The van der Waals surface area contributed by atoms with Crippen molar-refractivity contribution in [2.75, 3.05) is 75.6 Å². The number of carbonyl (C=O) groups excluding carboxylic acids is 2. The average molecular weight is 462 g/mol. The summed E-state index contributed by atoms with van der Waals surface area (Å²) in [4.78, 5) is 33.4. The van der Waals surface area contributed by atoms with E-state index in [1.807, 2.05) is 38.0 Å². The van der Waals surface area contributed by atoms with E-state index >= 15 is 0 Å². The molecule has 2 N–H and O–H groups in total. The second-order valence-electron chi connectivity index (χ2n) is 8.49. The average Bonchev–Trinajstić information content (AvgIpc) is 3.05. The number of likely N-dealkylation sites (N-methyl/N-ethyl adjacent to an activating group) is 4. The summed E-state index contributed by atoms with van der Waals surface area (Å²) in [5, 5.41) is 21.5.